The largest absolute Gasteiger partial charge is 0.496 e. The zero-order chi connectivity index (χ0) is 13.3. The van der Waals surface area contributed by atoms with E-state index in [1.54, 1.807) is 13.2 Å². The Labute approximate surface area is 122 Å². The number of halogens is 2. The Bertz CT molecular complexity index is 602. The minimum atomic E-state index is 0.0199. The number of furan rings is 1. The summed E-state index contributed by atoms with van der Waals surface area (Å²) in [6, 6.07) is 3.56. The molecule has 5 heteroatoms. The van der Waals surface area contributed by atoms with Crippen molar-refractivity contribution in [2.45, 2.75) is 19.8 Å². The van der Waals surface area contributed by atoms with Crippen molar-refractivity contribution < 1.29 is 13.9 Å². The van der Waals surface area contributed by atoms with Crippen LogP contribution in [0.25, 0.3) is 11.0 Å². The molecule has 1 heterocycles. The first-order valence-electron chi connectivity index (χ1n) is 5.57. The second-order valence-corrected chi connectivity index (χ2v) is 5.55. The number of Topliss-reactive ketones (excluding diaryl/α,β-unsaturated/α-hetero) is 1. The van der Waals surface area contributed by atoms with Crippen LogP contribution in [-0.2, 0) is 0 Å². The minimum Gasteiger partial charge on any atom is -0.496 e. The van der Waals surface area contributed by atoms with E-state index in [-0.39, 0.29) is 5.78 Å². The molecule has 0 unspecified atom stereocenters. The number of methoxy groups -OCH3 is 1. The van der Waals surface area contributed by atoms with E-state index in [4.69, 9.17) is 9.15 Å². The van der Waals surface area contributed by atoms with Crippen LogP contribution in [0.1, 0.15) is 30.3 Å². The summed E-state index contributed by atoms with van der Waals surface area (Å²) in [5.74, 6) is 1.11. The molecule has 0 bridgehead atoms. The van der Waals surface area contributed by atoms with E-state index in [0.717, 1.165) is 20.8 Å². The van der Waals surface area contributed by atoms with Gasteiger partial charge in [0.05, 0.1) is 16.1 Å². The highest BCUT2D eigenvalue weighted by Crippen LogP contribution is 2.39. The number of rotatable bonds is 4. The summed E-state index contributed by atoms with van der Waals surface area (Å²) in [6.07, 6.45) is 1.30. The van der Waals surface area contributed by atoms with Crippen molar-refractivity contribution in [1.29, 1.82) is 0 Å². The Kier molecular flexibility index (Phi) is 4.12. The van der Waals surface area contributed by atoms with Crippen LogP contribution in [0.3, 0.4) is 0 Å². The Morgan fingerprint density at radius 2 is 2.11 bits per heavy atom. The van der Waals surface area contributed by atoms with Gasteiger partial charge in [-0.1, -0.05) is 6.92 Å². The molecule has 0 saturated heterocycles. The van der Waals surface area contributed by atoms with Gasteiger partial charge in [-0.2, -0.15) is 0 Å². The first-order valence-corrected chi connectivity index (χ1v) is 7.15. The number of ether oxygens (including phenoxy) is 1. The Morgan fingerprint density at radius 3 is 2.72 bits per heavy atom. The first-order chi connectivity index (χ1) is 8.58. The number of carbonyl (C=O) groups excluding carboxylic acids is 1. The summed E-state index contributed by atoms with van der Waals surface area (Å²) in [6.45, 7) is 1.97. The summed E-state index contributed by atoms with van der Waals surface area (Å²) < 4.78 is 12.4. The van der Waals surface area contributed by atoms with Crippen molar-refractivity contribution >= 4 is 48.6 Å². The molecule has 0 fully saturated rings. The van der Waals surface area contributed by atoms with Gasteiger partial charge in [0.1, 0.15) is 5.75 Å². The standard InChI is InChI=1S/C13H12Br2O3/c1-3-4-9(16)10-5-7-12(15)11(17-2)6-8(14)13(7)18-10/h5-6H,3-4H2,1-2H3. The molecule has 0 saturated carbocycles. The molecule has 18 heavy (non-hydrogen) atoms. The Morgan fingerprint density at radius 1 is 1.39 bits per heavy atom. The lowest BCUT2D eigenvalue weighted by atomic mass is 10.2. The van der Waals surface area contributed by atoms with Crippen LogP contribution in [0.15, 0.2) is 25.5 Å². The number of hydrogen-bond donors (Lipinski definition) is 0. The lowest BCUT2D eigenvalue weighted by molar-refractivity contribution is 0.0957. The number of carbonyl (C=O) groups is 1. The molecule has 0 atom stereocenters. The van der Waals surface area contributed by atoms with Gasteiger partial charge in [-0.3, -0.25) is 4.79 Å². The third kappa shape index (κ3) is 2.34. The van der Waals surface area contributed by atoms with E-state index in [1.165, 1.54) is 0 Å². The van der Waals surface area contributed by atoms with Crippen molar-refractivity contribution in [3.05, 3.63) is 26.8 Å². The van der Waals surface area contributed by atoms with Gasteiger partial charge in [0.25, 0.3) is 0 Å². The van der Waals surface area contributed by atoms with Gasteiger partial charge in [0, 0.05) is 11.8 Å². The predicted octanol–water partition coefficient (Wildman–Crippen LogP) is 4.95. The highest BCUT2D eigenvalue weighted by Gasteiger charge is 2.17. The fourth-order valence-corrected chi connectivity index (χ4v) is 2.82. The molecule has 3 nitrogen and oxygen atoms in total. The summed E-state index contributed by atoms with van der Waals surface area (Å²) in [4.78, 5) is 11.8. The zero-order valence-corrected chi connectivity index (χ0v) is 13.2. The number of fused-ring (bicyclic) bond motifs is 1. The average molecular weight is 376 g/mol. The van der Waals surface area contributed by atoms with Gasteiger partial charge in [0.15, 0.2) is 17.1 Å². The van der Waals surface area contributed by atoms with Gasteiger partial charge in [0.2, 0.25) is 0 Å². The molecular formula is C13H12Br2O3. The lowest BCUT2D eigenvalue weighted by Crippen LogP contribution is -1.94. The molecule has 1 aromatic heterocycles. The molecule has 0 aliphatic carbocycles. The maximum absolute atomic E-state index is 11.8. The monoisotopic (exact) mass is 374 g/mol. The number of ketones is 1. The molecule has 0 N–H and O–H groups in total. The van der Waals surface area contributed by atoms with E-state index >= 15 is 0 Å². The van der Waals surface area contributed by atoms with Crippen molar-refractivity contribution in [2.75, 3.05) is 7.11 Å². The second kappa shape index (κ2) is 5.45. The summed E-state index contributed by atoms with van der Waals surface area (Å²) in [5, 5.41) is 0.834. The molecule has 2 aromatic rings. The quantitative estimate of drug-likeness (QED) is 0.709. The molecule has 2 rings (SSSR count). The van der Waals surface area contributed by atoms with Crippen LogP contribution in [0.4, 0.5) is 0 Å². The topological polar surface area (TPSA) is 39.4 Å². The maximum atomic E-state index is 11.8. The normalized spacial score (nSPS) is 10.9. The van der Waals surface area contributed by atoms with Crippen molar-refractivity contribution in [2.24, 2.45) is 0 Å². The average Bonchev–Trinajstić information content (AvgIpc) is 2.80. The van der Waals surface area contributed by atoms with Crippen LogP contribution in [0, 0.1) is 0 Å². The molecule has 0 amide bonds. The number of benzene rings is 1. The fraction of sp³-hybridized carbons (Fsp3) is 0.308. The SMILES string of the molecule is CCCC(=O)c1cc2c(Br)c(OC)cc(Br)c2o1. The van der Waals surface area contributed by atoms with Crippen LogP contribution >= 0.6 is 31.9 Å². The molecule has 96 valence electrons. The summed E-state index contributed by atoms with van der Waals surface area (Å²) >= 11 is 6.88. The van der Waals surface area contributed by atoms with Gasteiger partial charge >= 0.3 is 0 Å². The van der Waals surface area contributed by atoms with Crippen LogP contribution in [0.2, 0.25) is 0 Å². The fourth-order valence-electron chi connectivity index (χ4n) is 1.74. The van der Waals surface area contributed by atoms with Crippen molar-refractivity contribution in [3.8, 4) is 5.75 Å². The minimum absolute atomic E-state index is 0.0199. The third-order valence-electron chi connectivity index (χ3n) is 2.63. The molecule has 1 aromatic carbocycles. The van der Waals surface area contributed by atoms with Gasteiger partial charge in [-0.05, 0) is 50.4 Å². The predicted molar refractivity (Wildman–Crippen MR) is 77.4 cm³/mol. The molecule has 0 radical (unpaired) electrons. The van der Waals surface area contributed by atoms with Crippen LogP contribution in [-0.4, -0.2) is 12.9 Å². The summed E-state index contributed by atoms with van der Waals surface area (Å²) in [5.41, 5.74) is 0.655. The first kappa shape index (κ1) is 13.6. The van der Waals surface area contributed by atoms with Gasteiger partial charge in [-0.25, -0.2) is 0 Å². The Hall–Kier alpha value is -0.810. The lowest BCUT2D eigenvalue weighted by Gasteiger charge is -2.04. The van der Waals surface area contributed by atoms with E-state index in [9.17, 15) is 4.79 Å². The highest BCUT2D eigenvalue weighted by molar-refractivity contribution is 9.11. The summed E-state index contributed by atoms with van der Waals surface area (Å²) in [7, 11) is 1.60. The molecule has 0 aliphatic heterocycles. The van der Waals surface area contributed by atoms with E-state index in [1.807, 2.05) is 13.0 Å². The van der Waals surface area contributed by atoms with E-state index < -0.39 is 0 Å². The highest BCUT2D eigenvalue weighted by atomic mass is 79.9. The number of hydrogen-bond acceptors (Lipinski definition) is 3. The second-order valence-electron chi connectivity index (χ2n) is 3.90. The molecule has 0 spiro atoms. The Balaban J connectivity index is 2.60. The van der Waals surface area contributed by atoms with Crippen LogP contribution < -0.4 is 4.74 Å². The molecular weight excluding hydrogens is 364 g/mol. The molecule has 0 aliphatic rings. The maximum Gasteiger partial charge on any atom is 0.198 e. The van der Waals surface area contributed by atoms with Gasteiger partial charge < -0.3 is 9.15 Å². The zero-order valence-electron chi connectivity index (χ0n) is 10.0. The van der Waals surface area contributed by atoms with Crippen LogP contribution in [0.5, 0.6) is 5.75 Å². The van der Waals surface area contributed by atoms with E-state index in [2.05, 4.69) is 31.9 Å². The third-order valence-corrected chi connectivity index (χ3v) is 4.04. The van der Waals surface area contributed by atoms with E-state index in [0.29, 0.717) is 23.5 Å². The smallest absolute Gasteiger partial charge is 0.198 e. The van der Waals surface area contributed by atoms with Crippen molar-refractivity contribution in [1.82, 2.24) is 0 Å². The van der Waals surface area contributed by atoms with Gasteiger partial charge in [-0.15, -0.1) is 0 Å². The van der Waals surface area contributed by atoms with Crippen molar-refractivity contribution in [3.63, 3.8) is 0 Å².